The van der Waals surface area contributed by atoms with Gasteiger partial charge in [-0.25, -0.2) is 0 Å². The van der Waals surface area contributed by atoms with Gasteiger partial charge in [0, 0.05) is 26.7 Å². The van der Waals surface area contributed by atoms with Crippen molar-refractivity contribution in [3.05, 3.63) is 29.3 Å². The van der Waals surface area contributed by atoms with E-state index in [9.17, 15) is 9.59 Å². The van der Waals surface area contributed by atoms with E-state index in [1.54, 1.807) is 11.9 Å². The summed E-state index contributed by atoms with van der Waals surface area (Å²) < 4.78 is 10.6. The molecule has 0 radical (unpaired) electrons. The highest BCUT2D eigenvalue weighted by Crippen LogP contribution is 2.27. The lowest BCUT2D eigenvalue weighted by molar-refractivity contribution is -0.146. The first-order valence-corrected chi connectivity index (χ1v) is 9.65. The molecule has 0 saturated heterocycles. The molecule has 1 unspecified atom stereocenters. The Labute approximate surface area is 165 Å². The Hall–Kier alpha value is -2.77. The molecular formula is C20H28N4O4. The second-order valence-corrected chi connectivity index (χ2v) is 7.09. The van der Waals surface area contributed by atoms with Crippen molar-refractivity contribution in [1.29, 1.82) is 0 Å². The van der Waals surface area contributed by atoms with E-state index in [1.165, 1.54) is 7.11 Å². The van der Waals surface area contributed by atoms with Gasteiger partial charge in [0.25, 0.3) is 0 Å². The molecular weight excluding hydrogens is 360 g/mol. The fourth-order valence-electron chi connectivity index (χ4n) is 3.47. The minimum absolute atomic E-state index is 0.0291. The summed E-state index contributed by atoms with van der Waals surface area (Å²) in [4.78, 5) is 30.2. The molecule has 0 aliphatic carbocycles. The third-order valence-electron chi connectivity index (χ3n) is 4.97. The van der Waals surface area contributed by atoms with E-state index >= 15 is 0 Å². The largest absolute Gasteiger partial charge is 0.494 e. The maximum absolute atomic E-state index is 12.6. The SMILES string of the molecule is COC(=O)CC1Cc2ccc(OCCCNC3=NCCN3)cc2CN(C)C1=O. The predicted molar refractivity (Wildman–Crippen MR) is 105 cm³/mol. The number of aliphatic imine (C=N–C) groups is 1. The fourth-order valence-corrected chi connectivity index (χ4v) is 3.47. The molecule has 2 aliphatic heterocycles. The van der Waals surface area contributed by atoms with Crippen molar-refractivity contribution in [2.24, 2.45) is 10.9 Å². The van der Waals surface area contributed by atoms with Crippen molar-refractivity contribution in [3.63, 3.8) is 0 Å². The first kappa shape index (κ1) is 20.0. The minimum Gasteiger partial charge on any atom is -0.494 e. The lowest BCUT2D eigenvalue weighted by atomic mass is 9.94. The van der Waals surface area contributed by atoms with E-state index in [1.807, 2.05) is 18.2 Å². The van der Waals surface area contributed by atoms with E-state index in [2.05, 4.69) is 15.6 Å². The third-order valence-corrected chi connectivity index (χ3v) is 4.97. The van der Waals surface area contributed by atoms with Gasteiger partial charge >= 0.3 is 5.97 Å². The third kappa shape index (κ3) is 5.15. The zero-order chi connectivity index (χ0) is 19.9. The molecule has 2 aliphatic rings. The van der Waals surface area contributed by atoms with Gasteiger partial charge in [-0.15, -0.1) is 0 Å². The number of rotatable bonds is 7. The molecule has 2 heterocycles. The number of amides is 1. The molecule has 3 rings (SSSR count). The highest BCUT2D eigenvalue weighted by atomic mass is 16.5. The fraction of sp³-hybridized carbons (Fsp3) is 0.550. The summed E-state index contributed by atoms with van der Waals surface area (Å²) in [5, 5.41) is 6.41. The van der Waals surface area contributed by atoms with Crippen LogP contribution < -0.4 is 15.4 Å². The van der Waals surface area contributed by atoms with Crippen LogP contribution in [0, 0.1) is 5.92 Å². The van der Waals surface area contributed by atoms with E-state index in [-0.39, 0.29) is 24.2 Å². The molecule has 8 nitrogen and oxygen atoms in total. The highest BCUT2D eigenvalue weighted by molar-refractivity contribution is 5.84. The van der Waals surface area contributed by atoms with Gasteiger partial charge in [0.05, 0.1) is 32.6 Å². The summed E-state index contributed by atoms with van der Waals surface area (Å²) in [6, 6.07) is 5.92. The van der Waals surface area contributed by atoms with Crippen LogP contribution in [0.5, 0.6) is 5.75 Å². The van der Waals surface area contributed by atoms with Gasteiger partial charge in [-0.3, -0.25) is 14.6 Å². The average Bonchev–Trinajstić information content (AvgIpc) is 3.17. The summed E-state index contributed by atoms with van der Waals surface area (Å²) >= 11 is 0. The lowest BCUT2D eigenvalue weighted by Gasteiger charge is -2.19. The van der Waals surface area contributed by atoms with E-state index in [4.69, 9.17) is 9.47 Å². The van der Waals surface area contributed by atoms with Crippen LogP contribution in [0.2, 0.25) is 0 Å². The monoisotopic (exact) mass is 388 g/mol. The maximum Gasteiger partial charge on any atom is 0.306 e. The van der Waals surface area contributed by atoms with Gasteiger partial charge in [0.1, 0.15) is 5.75 Å². The molecule has 1 aromatic carbocycles. The molecule has 1 aromatic rings. The van der Waals surface area contributed by atoms with Crippen LogP contribution in [-0.4, -0.2) is 63.1 Å². The Morgan fingerprint density at radius 3 is 3.00 bits per heavy atom. The Morgan fingerprint density at radius 1 is 1.39 bits per heavy atom. The Kier molecular flexibility index (Phi) is 6.73. The Morgan fingerprint density at radius 2 is 2.25 bits per heavy atom. The van der Waals surface area contributed by atoms with Gasteiger partial charge < -0.3 is 25.0 Å². The van der Waals surface area contributed by atoms with Crippen LogP contribution in [-0.2, 0) is 27.3 Å². The molecule has 0 aromatic heterocycles. The first-order chi connectivity index (χ1) is 13.6. The topological polar surface area (TPSA) is 92.3 Å². The molecule has 0 bridgehead atoms. The van der Waals surface area contributed by atoms with Crippen LogP contribution in [0.3, 0.4) is 0 Å². The molecule has 0 saturated carbocycles. The Bertz CT molecular complexity index is 750. The van der Waals surface area contributed by atoms with E-state index < -0.39 is 0 Å². The highest BCUT2D eigenvalue weighted by Gasteiger charge is 2.29. The van der Waals surface area contributed by atoms with Crippen LogP contribution >= 0.6 is 0 Å². The molecule has 0 fully saturated rings. The maximum atomic E-state index is 12.6. The number of esters is 1. The molecule has 1 atom stereocenters. The Balaban J connectivity index is 1.55. The molecule has 2 N–H and O–H groups in total. The predicted octanol–water partition coefficient (Wildman–Crippen LogP) is 0.698. The van der Waals surface area contributed by atoms with Crippen molar-refractivity contribution in [2.45, 2.75) is 25.8 Å². The average molecular weight is 388 g/mol. The van der Waals surface area contributed by atoms with Crippen LogP contribution in [0.1, 0.15) is 24.0 Å². The minimum atomic E-state index is -0.386. The number of ether oxygens (including phenoxy) is 2. The van der Waals surface area contributed by atoms with Crippen molar-refractivity contribution < 1.29 is 19.1 Å². The number of hydrogen-bond acceptors (Lipinski definition) is 7. The van der Waals surface area contributed by atoms with Crippen LogP contribution in [0.4, 0.5) is 0 Å². The second kappa shape index (κ2) is 9.43. The number of nitrogens with zero attached hydrogens (tertiary/aromatic N) is 2. The van der Waals surface area contributed by atoms with Crippen molar-refractivity contribution in [1.82, 2.24) is 15.5 Å². The number of guanidine groups is 1. The van der Waals surface area contributed by atoms with Gasteiger partial charge in [0.15, 0.2) is 5.96 Å². The van der Waals surface area contributed by atoms with Crippen LogP contribution in [0.25, 0.3) is 0 Å². The smallest absolute Gasteiger partial charge is 0.306 e. The van der Waals surface area contributed by atoms with Gasteiger partial charge in [-0.2, -0.15) is 0 Å². The number of carbonyl (C=O) groups is 2. The summed E-state index contributed by atoms with van der Waals surface area (Å²) in [5.74, 6) is 0.881. The number of hydrogen-bond donors (Lipinski definition) is 2. The van der Waals surface area contributed by atoms with Crippen molar-refractivity contribution in [3.8, 4) is 5.75 Å². The van der Waals surface area contributed by atoms with Gasteiger partial charge in [-0.05, 0) is 36.1 Å². The molecule has 28 heavy (non-hydrogen) atoms. The van der Waals surface area contributed by atoms with E-state index in [0.29, 0.717) is 19.6 Å². The summed E-state index contributed by atoms with van der Waals surface area (Å²) in [7, 11) is 3.11. The standard InChI is InChI=1S/C20H28N4O4/c1-24-13-16-11-17(28-9-3-6-21-20-22-7-8-23-20)5-4-14(16)10-15(19(24)26)12-18(25)27-2/h4-5,11,15H,3,6-10,12-13H2,1-2H3,(H2,21,22,23). The molecule has 1 amide bonds. The zero-order valence-corrected chi connectivity index (χ0v) is 16.5. The molecule has 0 spiro atoms. The number of nitrogens with one attached hydrogen (secondary N) is 2. The quantitative estimate of drug-likeness (QED) is 0.528. The first-order valence-electron chi connectivity index (χ1n) is 9.65. The van der Waals surface area contributed by atoms with Crippen molar-refractivity contribution >= 4 is 17.8 Å². The number of fused-ring (bicyclic) bond motifs is 1. The zero-order valence-electron chi connectivity index (χ0n) is 16.5. The number of carbonyl (C=O) groups excluding carboxylic acids is 2. The van der Waals surface area contributed by atoms with Crippen molar-refractivity contribution in [2.75, 3.05) is 40.4 Å². The van der Waals surface area contributed by atoms with Gasteiger partial charge in [0.2, 0.25) is 5.91 Å². The normalized spacial score (nSPS) is 18.6. The van der Waals surface area contributed by atoms with Gasteiger partial charge in [-0.1, -0.05) is 6.07 Å². The summed E-state index contributed by atoms with van der Waals surface area (Å²) in [5.41, 5.74) is 2.13. The lowest BCUT2D eigenvalue weighted by Crippen LogP contribution is -2.34. The van der Waals surface area contributed by atoms with Crippen LogP contribution in [0.15, 0.2) is 23.2 Å². The number of benzene rings is 1. The molecule has 152 valence electrons. The summed E-state index contributed by atoms with van der Waals surface area (Å²) in [6.07, 6.45) is 1.49. The molecule has 8 heteroatoms. The van der Waals surface area contributed by atoms with E-state index in [0.717, 1.165) is 48.9 Å². The second-order valence-electron chi connectivity index (χ2n) is 7.09. The number of methoxy groups -OCH3 is 1. The summed E-state index contributed by atoms with van der Waals surface area (Å²) in [6.45, 7) is 3.62.